The number of nitrogens with two attached hydrogens (primary N) is 1. The number of rotatable bonds is 6. The summed E-state index contributed by atoms with van der Waals surface area (Å²) < 4.78 is 0. The van der Waals surface area contributed by atoms with E-state index in [1.165, 1.54) is 57.8 Å². The van der Waals surface area contributed by atoms with Crippen molar-refractivity contribution in [1.82, 2.24) is 0 Å². The number of hydrogen-bond donors (Lipinski definition) is 1. The molecule has 0 amide bonds. The molecule has 0 spiro atoms. The van der Waals surface area contributed by atoms with Gasteiger partial charge in [-0.2, -0.15) is 0 Å². The van der Waals surface area contributed by atoms with Crippen LogP contribution >= 0.6 is 0 Å². The molecule has 90 valence electrons. The van der Waals surface area contributed by atoms with Crippen molar-refractivity contribution in [3.63, 3.8) is 0 Å². The first kappa shape index (κ1) is 13.0. The minimum Gasteiger partial charge on any atom is -0.328 e. The molecule has 1 heteroatoms. The van der Waals surface area contributed by atoms with E-state index in [-0.39, 0.29) is 0 Å². The molecular formula is C14H29N. The second-order valence-electron chi connectivity index (χ2n) is 5.42. The Balaban J connectivity index is 2.12. The van der Waals surface area contributed by atoms with Gasteiger partial charge in [0.15, 0.2) is 0 Å². The normalized spacial score (nSPS) is 29.0. The van der Waals surface area contributed by atoms with E-state index in [4.69, 9.17) is 5.73 Å². The van der Waals surface area contributed by atoms with Crippen LogP contribution in [0.4, 0.5) is 0 Å². The monoisotopic (exact) mass is 211 g/mol. The van der Waals surface area contributed by atoms with Gasteiger partial charge in [0.1, 0.15) is 0 Å². The van der Waals surface area contributed by atoms with Crippen molar-refractivity contribution in [1.29, 1.82) is 0 Å². The van der Waals surface area contributed by atoms with Crippen molar-refractivity contribution in [2.75, 3.05) is 0 Å². The Bertz CT molecular complexity index is 147. The van der Waals surface area contributed by atoms with Crippen molar-refractivity contribution in [3.8, 4) is 0 Å². The largest absolute Gasteiger partial charge is 0.328 e. The minimum atomic E-state index is 0.513. The second kappa shape index (κ2) is 7.27. The highest BCUT2D eigenvalue weighted by atomic mass is 14.6. The minimum absolute atomic E-state index is 0.513. The molecule has 1 unspecified atom stereocenters. The van der Waals surface area contributed by atoms with Gasteiger partial charge in [-0.25, -0.2) is 0 Å². The van der Waals surface area contributed by atoms with Gasteiger partial charge in [0.2, 0.25) is 0 Å². The lowest BCUT2D eigenvalue weighted by Crippen LogP contribution is -2.26. The summed E-state index contributed by atoms with van der Waals surface area (Å²) in [6.45, 7) is 4.65. The predicted octanol–water partition coefficient (Wildman–Crippen LogP) is 4.11. The summed E-state index contributed by atoms with van der Waals surface area (Å²) in [5.74, 6) is 1.99. The molecule has 15 heavy (non-hydrogen) atoms. The molecule has 0 aliphatic heterocycles. The molecule has 0 saturated heterocycles. The van der Waals surface area contributed by atoms with Crippen molar-refractivity contribution in [3.05, 3.63) is 0 Å². The maximum atomic E-state index is 5.93. The highest BCUT2D eigenvalue weighted by molar-refractivity contribution is 4.75. The summed E-state index contributed by atoms with van der Waals surface area (Å²) in [4.78, 5) is 0. The van der Waals surface area contributed by atoms with Gasteiger partial charge in [-0.15, -0.1) is 0 Å². The fraction of sp³-hybridized carbons (Fsp3) is 1.00. The first-order chi connectivity index (χ1) is 7.26. The Hall–Kier alpha value is -0.0400. The zero-order valence-corrected chi connectivity index (χ0v) is 10.7. The lowest BCUT2D eigenvalue weighted by Gasteiger charge is -2.27. The van der Waals surface area contributed by atoms with E-state index >= 15 is 0 Å². The molecule has 0 bridgehead atoms. The van der Waals surface area contributed by atoms with Gasteiger partial charge >= 0.3 is 0 Å². The molecule has 1 nitrogen and oxygen atoms in total. The van der Waals surface area contributed by atoms with Crippen LogP contribution < -0.4 is 5.73 Å². The van der Waals surface area contributed by atoms with E-state index in [1.54, 1.807) is 0 Å². The van der Waals surface area contributed by atoms with Crippen LogP contribution in [0.25, 0.3) is 0 Å². The third-order valence-electron chi connectivity index (χ3n) is 4.15. The van der Waals surface area contributed by atoms with E-state index < -0.39 is 0 Å². The number of hydrogen-bond acceptors (Lipinski definition) is 1. The smallest absolute Gasteiger partial charge is 0.00390 e. The highest BCUT2D eigenvalue weighted by Gasteiger charge is 2.19. The van der Waals surface area contributed by atoms with Gasteiger partial charge in [-0.3, -0.25) is 0 Å². The maximum absolute atomic E-state index is 5.93. The standard InChI is InChI=1S/C14H29N/c1-3-5-12(4-2)6-7-13-8-10-14(15)11-9-13/h12-14H,3-11,15H2,1-2H3. The van der Waals surface area contributed by atoms with Gasteiger partial charge in [-0.1, -0.05) is 46.0 Å². The fourth-order valence-electron chi connectivity index (χ4n) is 2.91. The van der Waals surface area contributed by atoms with Crippen LogP contribution in [-0.2, 0) is 0 Å². The SMILES string of the molecule is CCCC(CC)CCC1CCC(N)CC1. The molecule has 0 heterocycles. The molecule has 2 N–H and O–H groups in total. The van der Waals surface area contributed by atoms with Gasteiger partial charge in [0, 0.05) is 6.04 Å². The highest BCUT2D eigenvalue weighted by Crippen LogP contribution is 2.29. The van der Waals surface area contributed by atoms with E-state index in [1.807, 2.05) is 0 Å². The molecule has 0 aromatic heterocycles. The molecule has 1 rings (SSSR count). The van der Waals surface area contributed by atoms with Crippen LogP contribution in [0.5, 0.6) is 0 Å². The van der Waals surface area contributed by atoms with Crippen molar-refractivity contribution < 1.29 is 0 Å². The molecule has 0 radical (unpaired) electrons. The van der Waals surface area contributed by atoms with Crippen molar-refractivity contribution in [2.24, 2.45) is 17.6 Å². The van der Waals surface area contributed by atoms with Gasteiger partial charge in [0.25, 0.3) is 0 Å². The molecular weight excluding hydrogens is 182 g/mol. The summed E-state index contributed by atoms with van der Waals surface area (Å²) in [6, 6.07) is 0.513. The molecule has 0 aromatic carbocycles. The Labute approximate surface area is 95.8 Å². The van der Waals surface area contributed by atoms with E-state index in [0.717, 1.165) is 11.8 Å². The van der Waals surface area contributed by atoms with Crippen LogP contribution in [0.2, 0.25) is 0 Å². The van der Waals surface area contributed by atoms with Crippen LogP contribution in [0.3, 0.4) is 0 Å². The first-order valence-electron chi connectivity index (χ1n) is 7.01. The predicted molar refractivity (Wildman–Crippen MR) is 67.9 cm³/mol. The van der Waals surface area contributed by atoms with Crippen LogP contribution in [0.1, 0.15) is 71.6 Å². The molecule has 1 aliphatic carbocycles. The third kappa shape index (κ3) is 5.01. The molecule has 1 aliphatic rings. The second-order valence-corrected chi connectivity index (χ2v) is 5.42. The van der Waals surface area contributed by atoms with E-state index in [2.05, 4.69) is 13.8 Å². The maximum Gasteiger partial charge on any atom is 0.00390 e. The molecule has 1 atom stereocenters. The summed E-state index contributed by atoms with van der Waals surface area (Å²) >= 11 is 0. The average molecular weight is 211 g/mol. The Morgan fingerprint density at radius 2 is 1.73 bits per heavy atom. The van der Waals surface area contributed by atoms with E-state index in [9.17, 15) is 0 Å². The van der Waals surface area contributed by atoms with Crippen LogP contribution in [0, 0.1) is 11.8 Å². The molecule has 1 saturated carbocycles. The van der Waals surface area contributed by atoms with Gasteiger partial charge < -0.3 is 5.73 Å². The molecule has 0 aromatic rings. The lowest BCUT2D eigenvalue weighted by molar-refractivity contribution is 0.280. The summed E-state index contributed by atoms with van der Waals surface area (Å²) in [6.07, 6.45) is 12.4. The molecule has 1 fully saturated rings. The topological polar surface area (TPSA) is 26.0 Å². The Morgan fingerprint density at radius 3 is 2.27 bits per heavy atom. The summed E-state index contributed by atoms with van der Waals surface area (Å²) in [7, 11) is 0. The van der Waals surface area contributed by atoms with Crippen molar-refractivity contribution in [2.45, 2.75) is 77.7 Å². The Morgan fingerprint density at radius 1 is 1.07 bits per heavy atom. The van der Waals surface area contributed by atoms with Crippen LogP contribution in [-0.4, -0.2) is 6.04 Å². The van der Waals surface area contributed by atoms with Gasteiger partial charge in [-0.05, 0) is 37.5 Å². The lowest BCUT2D eigenvalue weighted by atomic mass is 9.81. The quantitative estimate of drug-likeness (QED) is 0.703. The zero-order chi connectivity index (χ0) is 11.1. The first-order valence-corrected chi connectivity index (χ1v) is 7.01. The van der Waals surface area contributed by atoms with Crippen molar-refractivity contribution >= 4 is 0 Å². The third-order valence-corrected chi connectivity index (χ3v) is 4.15. The van der Waals surface area contributed by atoms with E-state index in [0.29, 0.717) is 6.04 Å². The summed E-state index contributed by atoms with van der Waals surface area (Å²) in [5.41, 5.74) is 5.93. The fourth-order valence-corrected chi connectivity index (χ4v) is 2.91. The zero-order valence-electron chi connectivity index (χ0n) is 10.7. The summed E-state index contributed by atoms with van der Waals surface area (Å²) in [5, 5.41) is 0. The Kier molecular flexibility index (Phi) is 6.31. The average Bonchev–Trinajstić information content (AvgIpc) is 2.26. The van der Waals surface area contributed by atoms with Crippen LogP contribution in [0.15, 0.2) is 0 Å². The van der Waals surface area contributed by atoms with Gasteiger partial charge in [0.05, 0.1) is 0 Å².